The highest BCUT2D eigenvalue weighted by atomic mass is 16.5. The van der Waals surface area contributed by atoms with Crippen molar-refractivity contribution in [3.05, 3.63) is 36.5 Å². The number of rotatable bonds is 3. The van der Waals surface area contributed by atoms with Gasteiger partial charge in [0, 0.05) is 6.07 Å². The zero-order valence-corrected chi connectivity index (χ0v) is 7.08. The lowest BCUT2D eigenvalue weighted by atomic mass is 10.2. The predicted octanol–water partition coefficient (Wildman–Crippen LogP) is 2.38. The van der Waals surface area contributed by atoms with E-state index in [9.17, 15) is 0 Å². The Kier molecular flexibility index (Phi) is 2.64. The fourth-order valence-corrected chi connectivity index (χ4v) is 0.917. The van der Waals surface area contributed by atoms with Gasteiger partial charge in [0.2, 0.25) is 5.88 Å². The molecule has 62 valence electrons. The van der Waals surface area contributed by atoms with E-state index in [4.69, 9.17) is 4.74 Å². The summed E-state index contributed by atoms with van der Waals surface area (Å²) in [5.74, 6) is 0.593. The molecule has 1 rings (SSSR count). The van der Waals surface area contributed by atoms with Crippen LogP contribution in [0.1, 0.15) is 11.3 Å². The molecule has 0 bridgehead atoms. The highest BCUT2D eigenvalue weighted by molar-refractivity contribution is 5.60. The van der Waals surface area contributed by atoms with Crippen molar-refractivity contribution >= 4 is 12.2 Å². The van der Waals surface area contributed by atoms with Crippen LogP contribution in [-0.4, -0.2) is 12.1 Å². The zero-order chi connectivity index (χ0) is 8.97. The molecule has 0 saturated carbocycles. The van der Waals surface area contributed by atoms with Crippen molar-refractivity contribution in [2.24, 2.45) is 0 Å². The van der Waals surface area contributed by atoms with Crippen molar-refractivity contribution < 1.29 is 4.74 Å². The highest BCUT2D eigenvalue weighted by Gasteiger charge is 1.98. The van der Waals surface area contributed by atoms with Gasteiger partial charge in [-0.25, -0.2) is 4.98 Å². The molecule has 0 radical (unpaired) electrons. The molecule has 1 aromatic rings. The quantitative estimate of drug-likeness (QED) is 0.679. The Morgan fingerprint density at radius 2 is 2.08 bits per heavy atom. The monoisotopic (exact) mass is 161 g/mol. The average molecular weight is 161 g/mol. The SMILES string of the molecule is C=Cc1ccc(OC)nc1C=C. The van der Waals surface area contributed by atoms with Crippen LogP contribution in [0.2, 0.25) is 0 Å². The van der Waals surface area contributed by atoms with Crippen LogP contribution in [0.25, 0.3) is 12.2 Å². The van der Waals surface area contributed by atoms with Crippen LogP contribution in [0.3, 0.4) is 0 Å². The number of hydrogen-bond donors (Lipinski definition) is 0. The molecule has 0 saturated heterocycles. The first kappa shape index (κ1) is 8.53. The second-order valence-electron chi connectivity index (χ2n) is 2.24. The molecular weight excluding hydrogens is 150 g/mol. The van der Waals surface area contributed by atoms with Crippen molar-refractivity contribution in [2.45, 2.75) is 0 Å². The second kappa shape index (κ2) is 3.72. The maximum absolute atomic E-state index is 4.96. The number of ether oxygens (including phenoxy) is 1. The van der Waals surface area contributed by atoms with Crippen molar-refractivity contribution in [1.29, 1.82) is 0 Å². The summed E-state index contributed by atoms with van der Waals surface area (Å²) in [7, 11) is 1.59. The molecular formula is C10H11NO. The molecule has 0 aliphatic rings. The van der Waals surface area contributed by atoms with E-state index in [1.807, 2.05) is 6.07 Å². The fraction of sp³-hybridized carbons (Fsp3) is 0.100. The Hall–Kier alpha value is -1.57. The Morgan fingerprint density at radius 1 is 1.33 bits per heavy atom. The van der Waals surface area contributed by atoms with E-state index in [1.54, 1.807) is 25.3 Å². The summed E-state index contributed by atoms with van der Waals surface area (Å²) < 4.78 is 4.96. The van der Waals surface area contributed by atoms with Gasteiger partial charge in [0.1, 0.15) is 0 Å². The van der Waals surface area contributed by atoms with Crippen molar-refractivity contribution in [3.8, 4) is 5.88 Å². The van der Waals surface area contributed by atoms with Crippen LogP contribution >= 0.6 is 0 Å². The Morgan fingerprint density at radius 3 is 2.58 bits per heavy atom. The summed E-state index contributed by atoms with van der Waals surface area (Å²) in [6.07, 6.45) is 3.42. The Labute approximate surface area is 72.2 Å². The third kappa shape index (κ3) is 1.53. The third-order valence-corrected chi connectivity index (χ3v) is 1.55. The molecule has 0 aliphatic carbocycles. The largest absolute Gasteiger partial charge is 0.481 e. The van der Waals surface area contributed by atoms with Crippen LogP contribution in [0, 0.1) is 0 Å². The van der Waals surface area contributed by atoms with E-state index in [0.717, 1.165) is 11.3 Å². The van der Waals surface area contributed by atoms with E-state index >= 15 is 0 Å². The van der Waals surface area contributed by atoms with Gasteiger partial charge in [0.15, 0.2) is 0 Å². The lowest BCUT2D eigenvalue weighted by Crippen LogP contribution is -1.91. The topological polar surface area (TPSA) is 22.1 Å². The molecule has 1 aromatic heterocycles. The zero-order valence-electron chi connectivity index (χ0n) is 7.08. The van der Waals surface area contributed by atoms with E-state index in [-0.39, 0.29) is 0 Å². The van der Waals surface area contributed by atoms with E-state index in [2.05, 4.69) is 18.1 Å². The van der Waals surface area contributed by atoms with Crippen molar-refractivity contribution in [3.63, 3.8) is 0 Å². The molecule has 0 amide bonds. The molecule has 0 N–H and O–H groups in total. The number of methoxy groups -OCH3 is 1. The van der Waals surface area contributed by atoms with Crippen molar-refractivity contribution in [2.75, 3.05) is 7.11 Å². The van der Waals surface area contributed by atoms with Gasteiger partial charge in [-0.3, -0.25) is 0 Å². The minimum atomic E-state index is 0.593. The van der Waals surface area contributed by atoms with Crippen LogP contribution < -0.4 is 4.74 Å². The molecule has 0 fully saturated rings. The maximum Gasteiger partial charge on any atom is 0.213 e. The molecule has 0 aromatic carbocycles. The van der Waals surface area contributed by atoms with E-state index < -0.39 is 0 Å². The molecule has 0 aliphatic heterocycles. The number of aromatic nitrogens is 1. The lowest BCUT2D eigenvalue weighted by Gasteiger charge is -2.02. The molecule has 0 spiro atoms. The predicted molar refractivity (Wildman–Crippen MR) is 51.0 cm³/mol. The smallest absolute Gasteiger partial charge is 0.213 e. The van der Waals surface area contributed by atoms with Gasteiger partial charge in [0.25, 0.3) is 0 Å². The number of hydrogen-bond acceptors (Lipinski definition) is 2. The van der Waals surface area contributed by atoms with Crippen LogP contribution in [0.5, 0.6) is 5.88 Å². The van der Waals surface area contributed by atoms with Crippen LogP contribution in [-0.2, 0) is 0 Å². The van der Waals surface area contributed by atoms with Gasteiger partial charge >= 0.3 is 0 Å². The normalized spacial score (nSPS) is 9.08. The summed E-state index contributed by atoms with van der Waals surface area (Å²) in [4.78, 5) is 4.17. The molecule has 0 unspecified atom stereocenters. The average Bonchev–Trinajstić information content (AvgIpc) is 2.16. The minimum absolute atomic E-state index is 0.593. The molecule has 2 heteroatoms. The van der Waals surface area contributed by atoms with E-state index in [1.165, 1.54) is 0 Å². The first-order valence-corrected chi connectivity index (χ1v) is 3.61. The summed E-state index contributed by atoms with van der Waals surface area (Å²) >= 11 is 0. The fourth-order valence-electron chi connectivity index (χ4n) is 0.917. The van der Waals surface area contributed by atoms with Crippen molar-refractivity contribution in [1.82, 2.24) is 4.98 Å². The summed E-state index contributed by atoms with van der Waals surface area (Å²) in [6, 6.07) is 3.69. The maximum atomic E-state index is 4.96. The lowest BCUT2D eigenvalue weighted by molar-refractivity contribution is 0.397. The first-order chi connectivity index (χ1) is 5.81. The number of nitrogens with zero attached hydrogens (tertiary/aromatic N) is 1. The van der Waals surface area contributed by atoms with Crippen LogP contribution in [0.4, 0.5) is 0 Å². The van der Waals surface area contributed by atoms with Gasteiger partial charge in [-0.1, -0.05) is 19.2 Å². The first-order valence-electron chi connectivity index (χ1n) is 3.61. The standard InChI is InChI=1S/C10H11NO/c1-4-8-6-7-10(12-3)11-9(8)5-2/h4-7H,1-2H2,3H3. The second-order valence-corrected chi connectivity index (χ2v) is 2.24. The Bertz CT molecular complexity index is 305. The molecule has 12 heavy (non-hydrogen) atoms. The molecule has 2 nitrogen and oxygen atoms in total. The summed E-state index contributed by atoms with van der Waals surface area (Å²) in [5.41, 5.74) is 1.76. The van der Waals surface area contributed by atoms with Gasteiger partial charge in [0.05, 0.1) is 12.8 Å². The van der Waals surface area contributed by atoms with Gasteiger partial charge in [-0.05, 0) is 17.7 Å². The minimum Gasteiger partial charge on any atom is -0.481 e. The summed E-state index contributed by atoms with van der Waals surface area (Å²) in [6.45, 7) is 7.32. The van der Waals surface area contributed by atoms with E-state index in [0.29, 0.717) is 5.88 Å². The van der Waals surface area contributed by atoms with Crippen LogP contribution in [0.15, 0.2) is 25.3 Å². The molecule has 1 heterocycles. The third-order valence-electron chi connectivity index (χ3n) is 1.55. The summed E-state index contributed by atoms with van der Waals surface area (Å²) in [5, 5.41) is 0. The van der Waals surface area contributed by atoms with Gasteiger partial charge in [-0.15, -0.1) is 0 Å². The number of pyridine rings is 1. The van der Waals surface area contributed by atoms with Gasteiger partial charge < -0.3 is 4.74 Å². The van der Waals surface area contributed by atoms with Gasteiger partial charge in [-0.2, -0.15) is 0 Å². The molecule has 0 atom stereocenters. The Balaban J connectivity index is 3.18. The highest BCUT2D eigenvalue weighted by Crippen LogP contribution is 2.14.